The summed E-state index contributed by atoms with van der Waals surface area (Å²) in [5.74, 6) is 0.158. The summed E-state index contributed by atoms with van der Waals surface area (Å²) in [5, 5.41) is 10.3. The average molecular weight is 426 g/mol. The highest BCUT2D eigenvalue weighted by Gasteiger charge is 2.27. The molecular weight excluding hydrogens is 402 g/mol. The van der Waals surface area contributed by atoms with Gasteiger partial charge in [-0.2, -0.15) is 5.10 Å². The number of hydrogen-bond acceptors (Lipinski definition) is 4. The number of carbonyl (C=O) groups is 1. The van der Waals surface area contributed by atoms with Gasteiger partial charge in [-0.25, -0.2) is 8.78 Å². The zero-order valence-corrected chi connectivity index (χ0v) is 17.0. The Hall–Kier alpha value is -3.26. The first-order chi connectivity index (χ1) is 15.0. The molecule has 8 heteroatoms. The highest BCUT2D eigenvalue weighted by Crippen LogP contribution is 2.26. The van der Waals surface area contributed by atoms with Crippen molar-refractivity contribution in [1.82, 2.24) is 15.1 Å². The molecule has 1 atom stereocenters. The van der Waals surface area contributed by atoms with Crippen LogP contribution in [0.15, 0.2) is 54.6 Å². The van der Waals surface area contributed by atoms with Crippen molar-refractivity contribution >= 4 is 11.6 Å². The molecule has 1 amide bonds. The monoisotopic (exact) mass is 426 g/mol. The number of ether oxygens (including phenoxy) is 1. The van der Waals surface area contributed by atoms with Crippen LogP contribution in [0.4, 0.5) is 14.5 Å². The number of rotatable bonds is 8. The Labute approximate surface area is 179 Å². The Morgan fingerprint density at radius 3 is 2.58 bits per heavy atom. The van der Waals surface area contributed by atoms with E-state index < -0.39 is 0 Å². The Morgan fingerprint density at radius 2 is 1.84 bits per heavy atom. The molecule has 6 nitrogen and oxygen atoms in total. The standard InChI is InChI=1S/C23H24F2N4O2/c24-17-1-5-19(6-2-17)26-23(30)15-29-11-9-16(14-29)22-13-20(27-28-22)10-12-31-21-7-3-18(25)4-8-21/h1-8,13,16H,9-12,14-15H2,(H,26,30)(H,27,28). The molecule has 0 spiro atoms. The van der Waals surface area contributed by atoms with Crippen LogP contribution in [0.25, 0.3) is 0 Å². The van der Waals surface area contributed by atoms with Gasteiger partial charge >= 0.3 is 0 Å². The van der Waals surface area contributed by atoms with E-state index in [1.165, 1.54) is 24.3 Å². The largest absolute Gasteiger partial charge is 0.493 e. The summed E-state index contributed by atoms with van der Waals surface area (Å²) in [7, 11) is 0. The Bertz CT molecular complexity index is 1010. The van der Waals surface area contributed by atoms with E-state index in [0.29, 0.717) is 24.5 Å². The molecule has 2 aromatic carbocycles. The van der Waals surface area contributed by atoms with E-state index in [9.17, 15) is 13.6 Å². The molecule has 1 saturated heterocycles. The quantitative estimate of drug-likeness (QED) is 0.576. The molecule has 0 bridgehead atoms. The maximum atomic E-state index is 13.0. The zero-order valence-electron chi connectivity index (χ0n) is 17.0. The number of anilines is 1. The summed E-state index contributed by atoms with van der Waals surface area (Å²) in [6.07, 6.45) is 1.60. The number of benzene rings is 2. The highest BCUT2D eigenvalue weighted by molar-refractivity contribution is 5.92. The fraction of sp³-hybridized carbons (Fsp3) is 0.304. The lowest BCUT2D eigenvalue weighted by molar-refractivity contribution is -0.117. The molecule has 162 valence electrons. The number of aromatic amines is 1. The van der Waals surface area contributed by atoms with Crippen molar-refractivity contribution in [3.63, 3.8) is 0 Å². The number of hydrogen-bond donors (Lipinski definition) is 2. The Balaban J connectivity index is 1.22. The summed E-state index contributed by atoms with van der Waals surface area (Å²) in [5.41, 5.74) is 2.55. The summed E-state index contributed by atoms with van der Waals surface area (Å²) < 4.78 is 31.5. The lowest BCUT2D eigenvalue weighted by atomic mass is 10.0. The van der Waals surface area contributed by atoms with Crippen LogP contribution in [0, 0.1) is 11.6 Å². The van der Waals surface area contributed by atoms with Crippen LogP contribution in [-0.2, 0) is 11.2 Å². The number of likely N-dealkylation sites (tertiary alicyclic amines) is 1. The van der Waals surface area contributed by atoms with Gasteiger partial charge in [0, 0.05) is 30.3 Å². The van der Waals surface area contributed by atoms with Gasteiger partial charge in [0.15, 0.2) is 0 Å². The van der Waals surface area contributed by atoms with Gasteiger partial charge in [0.05, 0.1) is 18.8 Å². The molecule has 1 unspecified atom stereocenters. The molecule has 1 aliphatic rings. The fourth-order valence-electron chi connectivity index (χ4n) is 3.68. The lowest BCUT2D eigenvalue weighted by Gasteiger charge is -2.15. The van der Waals surface area contributed by atoms with Crippen LogP contribution in [0.5, 0.6) is 5.75 Å². The van der Waals surface area contributed by atoms with E-state index in [1.807, 2.05) is 6.07 Å². The summed E-state index contributed by atoms with van der Waals surface area (Å²) in [6, 6.07) is 13.7. The maximum absolute atomic E-state index is 13.0. The van der Waals surface area contributed by atoms with Gasteiger partial charge < -0.3 is 10.1 Å². The second-order valence-corrected chi connectivity index (χ2v) is 7.65. The van der Waals surface area contributed by atoms with Crippen molar-refractivity contribution in [3.05, 3.63) is 77.6 Å². The van der Waals surface area contributed by atoms with Crippen LogP contribution in [0.2, 0.25) is 0 Å². The van der Waals surface area contributed by atoms with Crippen molar-refractivity contribution in [3.8, 4) is 5.75 Å². The molecule has 2 heterocycles. The molecule has 4 rings (SSSR count). The third-order valence-electron chi connectivity index (χ3n) is 5.29. The molecule has 1 aliphatic heterocycles. The van der Waals surface area contributed by atoms with Gasteiger partial charge in [0.2, 0.25) is 5.91 Å². The number of aromatic nitrogens is 2. The summed E-state index contributed by atoms with van der Waals surface area (Å²) in [6.45, 7) is 2.33. The second kappa shape index (κ2) is 9.70. The Morgan fingerprint density at radius 1 is 1.13 bits per heavy atom. The van der Waals surface area contributed by atoms with Gasteiger partial charge in [-0.15, -0.1) is 0 Å². The first kappa shape index (κ1) is 21.0. The number of amides is 1. The predicted molar refractivity (Wildman–Crippen MR) is 113 cm³/mol. The van der Waals surface area contributed by atoms with Gasteiger partial charge in [0.25, 0.3) is 0 Å². The lowest BCUT2D eigenvalue weighted by Crippen LogP contribution is -2.31. The van der Waals surface area contributed by atoms with Crippen molar-refractivity contribution < 1.29 is 18.3 Å². The van der Waals surface area contributed by atoms with Crippen LogP contribution < -0.4 is 10.1 Å². The van der Waals surface area contributed by atoms with E-state index in [1.54, 1.807) is 24.3 Å². The van der Waals surface area contributed by atoms with Crippen LogP contribution in [0.1, 0.15) is 23.7 Å². The molecule has 1 aromatic heterocycles. The molecule has 1 fully saturated rings. The first-order valence-electron chi connectivity index (χ1n) is 10.3. The predicted octanol–water partition coefficient (Wildman–Crippen LogP) is 3.74. The van der Waals surface area contributed by atoms with Crippen molar-refractivity contribution in [1.29, 1.82) is 0 Å². The Kier molecular flexibility index (Phi) is 6.57. The fourth-order valence-corrected chi connectivity index (χ4v) is 3.68. The number of nitrogens with one attached hydrogen (secondary N) is 2. The van der Waals surface area contributed by atoms with E-state index in [-0.39, 0.29) is 30.0 Å². The normalized spacial score (nSPS) is 16.4. The van der Waals surface area contributed by atoms with Crippen molar-refractivity contribution in [2.75, 3.05) is 31.6 Å². The van der Waals surface area contributed by atoms with Crippen LogP contribution in [-0.4, -0.2) is 47.2 Å². The number of halogens is 2. The average Bonchev–Trinajstić information content (AvgIpc) is 3.41. The van der Waals surface area contributed by atoms with Crippen molar-refractivity contribution in [2.45, 2.75) is 18.8 Å². The molecule has 3 aromatic rings. The molecular formula is C23H24F2N4O2. The van der Waals surface area contributed by atoms with Crippen molar-refractivity contribution in [2.24, 2.45) is 0 Å². The van der Waals surface area contributed by atoms with E-state index in [0.717, 1.165) is 30.9 Å². The van der Waals surface area contributed by atoms with Crippen LogP contribution >= 0.6 is 0 Å². The van der Waals surface area contributed by atoms with E-state index in [4.69, 9.17) is 4.74 Å². The highest BCUT2D eigenvalue weighted by atomic mass is 19.1. The summed E-state index contributed by atoms with van der Waals surface area (Å²) in [4.78, 5) is 14.3. The third-order valence-corrected chi connectivity index (χ3v) is 5.29. The van der Waals surface area contributed by atoms with E-state index in [2.05, 4.69) is 20.4 Å². The zero-order chi connectivity index (χ0) is 21.6. The molecule has 0 saturated carbocycles. The third kappa shape index (κ3) is 5.88. The smallest absolute Gasteiger partial charge is 0.238 e. The van der Waals surface area contributed by atoms with Gasteiger partial charge in [-0.05, 0) is 67.6 Å². The number of nitrogens with zero attached hydrogens (tertiary/aromatic N) is 2. The topological polar surface area (TPSA) is 70.2 Å². The minimum absolute atomic E-state index is 0.118. The minimum Gasteiger partial charge on any atom is -0.493 e. The number of H-pyrrole nitrogens is 1. The summed E-state index contributed by atoms with van der Waals surface area (Å²) >= 11 is 0. The molecule has 0 aliphatic carbocycles. The maximum Gasteiger partial charge on any atom is 0.238 e. The van der Waals surface area contributed by atoms with E-state index >= 15 is 0 Å². The first-order valence-corrected chi connectivity index (χ1v) is 10.3. The minimum atomic E-state index is -0.333. The van der Waals surface area contributed by atoms with Crippen LogP contribution in [0.3, 0.4) is 0 Å². The van der Waals surface area contributed by atoms with Gasteiger partial charge in [0.1, 0.15) is 17.4 Å². The molecule has 2 N–H and O–H groups in total. The SMILES string of the molecule is O=C(CN1CCC(c2cc(CCOc3ccc(F)cc3)[nH]n2)C1)Nc1ccc(F)cc1. The van der Waals surface area contributed by atoms with Gasteiger partial charge in [-0.1, -0.05) is 0 Å². The second-order valence-electron chi connectivity index (χ2n) is 7.65. The van der Waals surface area contributed by atoms with Gasteiger partial charge in [-0.3, -0.25) is 14.8 Å². The molecule has 0 radical (unpaired) electrons. The molecule has 31 heavy (non-hydrogen) atoms. The number of carbonyl (C=O) groups excluding carboxylic acids is 1.